The normalized spacial score (nSPS) is 12.4. The van der Waals surface area contributed by atoms with Gasteiger partial charge in [0.15, 0.2) is 0 Å². The summed E-state index contributed by atoms with van der Waals surface area (Å²) in [7, 11) is 1.62. The van der Waals surface area contributed by atoms with E-state index in [4.69, 9.17) is 0 Å². The molecule has 0 aromatic carbocycles. The lowest BCUT2D eigenvalue weighted by molar-refractivity contribution is -0.149. The van der Waals surface area contributed by atoms with E-state index in [1.165, 1.54) is 49.8 Å². The second-order valence-electron chi connectivity index (χ2n) is 7.07. The van der Waals surface area contributed by atoms with Gasteiger partial charge in [0.2, 0.25) is 5.91 Å². The summed E-state index contributed by atoms with van der Waals surface area (Å²) in [5.74, 6) is -0.679. The molecule has 23 heavy (non-hydrogen) atoms. The van der Waals surface area contributed by atoms with Gasteiger partial charge in [0, 0.05) is 13.5 Å². The van der Waals surface area contributed by atoms with Crippen LogP contribution in [0, 0.1) is 5.92 Å². The fourth-order valence-corrected chi connectivity index (χ4v) is 2.81. The second kappa shape index (κ2) is 13.4. The molecule has 1 atom stereocenters. The third kappa shape index (κ3) is 11.2. The summed E-state index contributed by atoms with van der Waals surface area (Å²) < 4.78 is 0. The van der Waals surface area contributed by atoms with Crippen LogP contribution >= 0.6 is 0 Å². The molecule has 0 unspecified atom stereocenters. The van der Waals surface area contributed by atoms with Gasteiger partial charge in [-0.2, -0.15) is 0 Å². The molecule has 0 aromatic rings. The van der Waals surface area contributed by atoms with Crippen molar-refractivity contribution in [1.29, 1.82) is 0 Å². The Morgan fingerprint density at radius 1 is 0.913 bits per heavy atom. The Kier molecular flexibility index (Phi) is 12.8. The van der Waals surface area contributed by atoms with Crippen LogP contribution in [0.15, 0.2) is 0 Å². The van der Waals surface area contributed by atoms with Crippen LogP contribution < -0.4 is 0 Å². The Hall–Kier alpha value is -1.06. The predicted octanol–water partition coefficient (Wildman–Crippen LogP) is 4.87. The van der Waals surface area contributed by atoms with Crippen LogP contribution in [0.25, 0.3) is 0 Å². The molecule has 1 amide bonds. The van der Waals surface area contributed by atoms with Crippen LogP contribution in [-0.2, 0) is 9.59 Å². The molecule has 0 rings (SSSR count). The summed E-state index contributed by atoms with van der Waals surface area (Å²) in [5, 5.41) is 9.28. The van der Waals surface area contributed by atoms with Crippen molar-refractivity contribution in [2.75, 3.05) is 7.05 Å². The smallest absolute Gasteiger partial charge is 0.326 e. The van der Waals surface area contributed by atoms with Crippen molar-refractivity contribution in [3.05, 3.63) is 0 Å². The predicted molar refractivity (Wildman–Crippen MR) is 95.5 cm³/mol. The highest BCUT2D eigenvalue weighted by Crippen LogP contribution is 2.14. The van der Waals surface area contributed by atoms with Gasteiger partial charge in [0.05, 0.1) is 0 Å². The quantitative estimate of drug-likeness (QED) is 0.463. The first-order valence-corrected chi connectivity index (χ1v) is 9.38. The van der Waals surface area contributed by atoms with Crippen LogP contribution in [0.4, 0.5) is 0 Å². The molecule has 1 N–H and O–H groups in total. The van der Waals surface area contributed by atoms with Gasteiger partial charge in [-0.05, 0) is 18.8 Å². The first-order chi connectivity index (χ1) is 10.9. The zero-order valence-corrected chi connectivity index (χ0v) is 15.6. The fraction of sp³-hybridized carbons (Fsp3) is 0.895. The maximum atomic E-state index is 12.1. The minimum absolute atomic E-state index is 0.0407. The lowest BCUT2D eigenvalue weighted by Crippen LogP contribution is -2.43. The second-order valence-corrected chi connectivity index (χ2v) is 7.07. The summed E-state index contributed by atoms with van der Waals surface area (Å²) in [5.41, 5.74) is 0. The molecular weight excluding hydrogens is 290 g/mol. The number of nitrogens with zero attached hydrogens (tertiary/aromatic N) is 1. The van der Waals surface area contributed by atoms with Gasteiger partial charge < -0.3 is 10.0 Å². The van der Waals surface area contributed by atoms with E-state index in [2.05, 4.69) is 6.92 Å². The number of amides is 1. The van der Waals surface area contributed by atoms with Crippen LogP contribution in [-0.4, -0.2) is 35.0 Å². The number of aliphatic carboxylic acids is 1. The minimum atomic E-state index is -0.901. The summed E-state index contributed by atoms with van der Waals surface area (Å²) in [4.78, 5) is 24.9. The molecule has 0 aliphatic carbocycles. The van der Waals surface area contributed by atoms with E-state index in [-0.39, 0.29) is 11.8 Å². The number of carboxylic acids is 1. The largest absolute Gasteiger partial charge is 0.480 e. The monoisotopic (exact) mass is 327 g/mol. The summed E-state index contributed by atoms with van der Waals surface area (Å²) in [6, 6.07) is -0.693. The molecule has 0 aliphatic heterocycles. The van der Waals surface area contributed by atoms with Crippen molar-refractivity contribution in [2.24, 2.45) is 5.92 Å². The SMILES string of the molecule is CCCCCCCCCCCC(=O)N(C)[C@@H](CC(C)C)C(=O)O. The zero-order chi connectivity index (χ0) is 17.7. The maximum absolute atomic E-state index is 12.1. The van der Waals surface area contributed by atoms with E-state index < -0.39 is 12.0 Å². The first-order valence-electron chi connectivity index (χ1n) is 9.38. The molecule has 0 aromatic heterocycles. The van der Waals surface area contributed by atoms with Gasteiger partial charge in [-0.15, -0.1) is 0 Å². The number of hydrogen-bond acceptors (Lipinski definition) is 2. The number of carbonyl (C=O) groups excluding carboxylic acids is 1. The average molecular weight is 328 g/mol. The number of carboxylic acid groups (broad SMARTS) is 1. The van der Waals surface area contributed by atoms with E-state index in [0.29, 0.717) is 12.8 Å². The molecule has 0 heterocycles. The van der Waals surface area contributed by atoms with E-state index in [9.17, 15) is 14.7 Å². The van der Waals surface area contributed by atoms with Crippen molar-refractivity contribution in [3.8, 4) is 0 Å². The molecule has 0 fully saturated rings. The van der Waals surface area contributed by atoms with E-state index in [0.717, 1.165) is 12.8 Å². The van der Waals surface area contributed by atoms with Crippen molar-refractivity contribution in [3.63, 3.8) is 0 Å². The number of hydrogen-bond donors (Lipinski definition) is 1. The number of rotatable bonds is 14. The Bertz CT molecular complexity index is 329. The van der Waals surface area contributed by atoms with Gasteiger partial charge in [0.1, 0.15) is 6.04 Å². The van der Waals surface area contributed by atoms with Crippen LogP contribution in [0.5, 0.6) is 0 Å². The van der Waals surface area contributed by atoms with Crippen molar-refractivity contribution < 1.29 is 14.7 Å². The number of likely N-dealkylation sites (N-methyl/N-ethyl adjacent to an activating group) is 1. The zero-order valence-electron chi connectivity index (χ0n) is 15.6. The highest BCUT2D eigenvalue weighted by Gasteiger charge is 2.26. The summed E-state index contributed by atoms with van der Waals surface area (Å²) in [6.07, 6.45) is 11.9. The van der Waals surface area contributed by atoms with Crippen molar-refractivity contribution in [2.45, 2.75) is 97.4 Å². The lowest BCUT2D eigenvalue weighted by atomic mass is 10.0. The van der Waals surface area contributed by atoms with Crippen LogP contribution in [0.1, 0.15) is 91.4 Å². The first kappa shape index (κ1) is 21.9. The standard InChI is InChI=1S/C19H37NO3/c1-5-6-7-8-9-10-11-12-13-14-18(21)20(4)17(19(22)23)15-16(2)3/h16-17H,5-15H2,1-4H3,(H,22,23)/t17-/m0/s1. The Morgan fingerprint density at radius 3 is 1.83 bits per heavy atom. The van der Waals surface area contributed by atoms with E-state index in [1.54, 1.807) is 7.05 Å². The van der Waals surface area contributed by atoms with Crippen molar-refractivity contribution in [1.82, 2.24) is 4.90 Å². The lowest BCUT2D eigenvalue weighted by Gasteiger charge is -2.26. The topological polar surface area (TPSA) is 57.6 Å². The fourth-order valence-electron chi connectivity index (χ4n) is 2.81. The van der Waals surface area contributed by atoms with E-state index in [1.807, 2.05) is 13.8 Å². The highest BCUT2D eigenvalue weighted by molar-refractivity contribution is 5.83. The molecule has 0 saturated carbocycles. The van der Waals surface area contributed by atoms with E-state index >= 15 is 0 Å². The van der Waals surface area contributed by atoms with Crippen LogP contribution in [0.3, 0.4) is 0 Å². The molecular formula is C19H37NO3. The molecule has 0 saturated heterocycles. The van der Waals surface area contributed by atoms with Gasteiger partial charge in [-0.1, -0.05) is 72.1 Å². The molecule has 0 aliphatic rings. The third-order valence-corrected chi connectivity index (χ3v) is 4.33. The van der Waals surface area contributed by atoms with Crippen molar-refractivity contribution >= 4 is 11.9 Å². The van der Waals surface area contributed by atoms with Gasteiger partial charge in [-0.25, -0.2) is 4.79 Å². The van der Waals surface area contributed by atoms with Gasteiger partial charge >= 0.3 is 5.97 Å². The highest BCUT2D eigenvalue weighted by atomic mass is 16.4. The number of carbonyl (C=O) groups is 2. The molecule has 4 nitrogen and oxygen atoms in total. The van der Waals surface area contributed by atoms with Gasteiger partial charge in [-0.3, -0.25) is 4.79 Å². The van der Waals surface area contributed by atoms with Gasteiger partial charge in [0.25, 0.3) is 0 Å². The Labute approximate surface area is 142 Å². The number of unbranched alkanes of at least 4 members (excludes halogenated alkanes) is 8. The Morgan fingerprint density at radius 2 is 1.39 bits per heavy atom. The summed E-state index contributed by atoms with van der Waals surface area (Å²) in [6.45, 7) is 6.19. The van der Waals surface area contributed by atoms with Crippen LogP contribution in [0.2, 0.25) is 0 Å². The molecule has 136 valence electrons. The molecule has 0 radical (unpaired) electrons. The summed E-state index contributed by atoms with van der Waals surface area (Å²) >= 11 is 0. The third-order valence-electron chi connectivity index (χ3n) is 4.33. The molecule has 0 bridgehead atoms. The molecule has 0 spiro atoms. The molecule has 4 heteroatoms. The average Bonchev–Trinajstić information content (AvgIpc) is 2.49. The minimum Gasteiger partial charge on any atom is -0.480 e. The maximum Gasteiger partial charge on any atom is 0.326 e. The Balaban J connectivity index is 3.84.